The van der Waals surface area contributed by atoms with Crippen molar-refractivity contribution in [3.05, 3.63) is 41.5 Å². The molecule has 0 radical (unpaired) electrons. The number of nitrogens with zero attached hydrogens (tertiary/aromatic N) is 2. The summed E-state index contributed by atoms with van der Waals surface area (Å²) < 4.78 is 10.5. The molecule has 1 heterocycles. The monoisotopic (exact) mass is 248 g/mol. The molecule has 18 heavy (non-hydrogen) atoms. The number of benzene rings is 1. The van der Waals surface area contributed by atoms with E-state index in [1.165, 1.54) is 0 Å². The summed E-state index contributed by atoms with van der Waals surface area (Å²) in [6.07, 6.45) is 0.249. The fourth-order valence-electron chi connectivity index (χ4n) is 1.48. The van der Waals surface area contributed by atoms with Crippen molar-refractivity contribution in [1.29, 1.82) is 0 Å². The molecule has 96 valence electrons. The van der Waals surface area contributed by atoms with E-state index in [0.29, 0.717) is 17.5 Å². The van der Waals surface area contributed by atoms with Gasteiger partial charge in [-0.3, -0.25) is 0 Å². The van der Waals surface area contributed by atoms with Crippen LogP contribution in [0.4, 0.5) is 0 Å². The van der Waals surface area contributed by atoms with Crippen LogP contribution >= 0.6 is 0 Å². The molecule has 1 N–H and O–H groups in total. The van der Waals surface area contributed by atoms with Crippen molar-refractivity contribution in [3.8, 4) is 5.75 Å². The molecule has 0 fully saturated rings. The molecule has 0 aliphatic rings. The molecule has 5 nitrogen and oxygen atoms in total. The van der Waals surface area contributed by atoms with Gasteiger partial charge in [-0.25, -0.2) is 0 Å². The van der Waals surface area contributed by atoms with Crippen LogP contribution in [0.2, 0.25) is 0 Å². The lowest BCUT2D eigenvalue weighted by Crippen LogP contribution is -1.98. The van der Waals surface area contributed by atoms with E-state index in [4.69, 9.17) is 9.26 Å². The molecule has 1 aromatic heterocycles. The molecule has 0 spiro atoms. The predicted molar refractivity (Wildman–Crippen MR) is 65.1 cm³/mol. The molecule has 2 rings (SSSR count). The fraction of sp³-hybridized carbons (Fsp3) is 0.385. The maximum Gasteiger partial charge on any atom is 0.226 e. The molecular formula is C13H16N2O3. The Morgan fingerprint density at radius 1 is 1.33 bits per heavy atom. The summed E-state index contributed by atoms with van der Waals surface area (Å²) in [5.74, 6) is 1.85. The number of rotatable bonds is 5. The zero-order valence-corrected chi connectivity index (χ0v) is 10.5. The van der Waals surface area contributed by atoms with Gasteiger partial charge in [0.05, 0.1) is 6.10 Å². The minimum absolute atomic E-state index is 0.275. The van der Waals surface area contributed by atoms with Crippen LogP contribution in [0.25, 0.3) is 0 Å². The van der Waals surface area contributed by atoms with E-state index in [9.17, 15) is 5.11 Å². The highest BCUT2D eigenvalue weighted by Gasteiger charge is 2.05. The van der Waals surface area contributed by atoms with E-state index in [1.54, 1.807) is 6.92 Å². The summed E-state index contributed by atoms with van der Waals surface area (Å²) in [4.78, 5) is 4.15. The third-order valence-electron chi connectivity index (χ3n) is 2.54. The zero-order valence-electron chi connectivity index (χ0n) is 10.5. The first-order chi connectivity index (χ1) is 8.69. The molecule has 0 saturated carbocycles. The second-order valence-electron chi connectivity index (χ2n) is 3.99. The Labute approximate surface area is 105 Å². The smallest absolute Gasteiger partial charge is 0.226 e. The SMILES string of the molecule is CCc1nc(COc2ccc(C(C)O)cc2)no1. The lowest BCUT2D eigenvalue weighted by atomic mass is 10.1. The quantitative estimate of drug-likeness (QED) is 0.879. The minimum atomic E-state index is -0.469. The minimum Gasteiger partial charge on any atom is -0.485 e. The van der Waals surface area contributed by atoms with Gasteiger partial charge >= 0.3 is 0 Å². The van der Waals surface area contributed by atoms with Gasteiger partial charge in [-0.05, 0) is 24.6 Å². The Morgan fingerprint density at radius 2 is 2.06 bits per heavy atom. The Hall–Kier alpha value is -1.88. The summed E-state index contributed by atoms with van der Waals surface area (Å²) in [5.41, 5.74) is 0.857. The van der Waals surface area contributed by atoms with Crippen LogP contribution in [0.3, 0.4) is 0 Å². The maximum atomic E-state index is 9.38. The van der Waals surface area contributed by atoms with Gasteiger partial charge in [-0.2, -0.15) is 4.98 Å². The molecule has 0 amide bonds. The lowest BCUT2D eigenvalue weighted by molar-refractivity contribution is 0.199. The summed E-state index contributed by atoms with van der Waals surface area (Å²) in [6, 6.07) is 7.27. The van der Waals surface area contributed by atoms with Gasteiger partial charge in [0.15, 0.2) is 6.61 Å². The van der Waals surface area contributed by atoms with Gasteiger partial charge in [-0.1, -0.05) is 24.2 Å². The zero-order chi connectivity index (χ0) is 13.0. The normalized spacial score (nSPS) is 12.4. The number of hydrogen-bond acceptors (Lipinski definition) is 5. The molecular weight excluding hydrogens is 232 g/mol. The highest BCUT2D eigenvalue weighted by atomic mass is 16.5. The number of aromatic nitrogens is 2. The van der Waals surface area contributed by atoms with Crippen molar-refractivity contribution >= 4 is 0 Å². The first kappa shape index (κ1) is 12.6. The van der Waals surface area contributed by atoms with E-state index in [1.807, 2.05) is 31.2 Å². The summed E-state index contributed by atoms with van der Waals surface area (Å²) in [5, 5.41) is 13.2. The van der Waals surface area contributed by atoms with Crippen LogP contribution in [0, 0.1) is 0 Å². The Bertz CT molecular complexity index is 491. The Kier molecular flexibility index (Phi) is 3.94. The summed E-state index contributed by atoms with van der Waals surface area (Å²) >= 11 is 0. The number of aliphatic hydroxyl groups excluding tert-OH is 1. The van der Waals surface area contributed by atoms with E-state index in [2.05, 4.69) is 10.1 Å². The fourth-order valence-corrected chi connectivity index (χ4v) is 1.48. The third-order valence-corrected chi connectivity index (χ3v) is 2.54. The van der Waals surface area contributed by atoms with Gasteiger partial charge in [0, 0.05) is 6.42 Å². The molecule has 1 unspecified atom stereocenters. The van der Waals surface area contributed by atoms with Crippen molar-refractivity contribution in [2.45, 2.75) is 33.0 Å². The molecule has 5 heteroatoms. The van der Waals surface area contributed by atoms with Crippen LogP contribution in [-0.4, -0.2) is 15.2 Å². The van der Waals surface area contributed by atoms with Gasteiger partial charge in [0.2, 0.25) is 11.7 Å². The lowest BCUT2D eigenvalue weighted by Gasteiger charge is -2.06. The highest BCUT2D eigenvalue weighted by molar-refractivity contribution is 5.28. The van der Waals surface area contributed by atoms with Crippen molar-refractivity contribution < 1.29 is 14.4 Å². The largest absolute Gasteiger partial charge is 0.485 e. The molecule has 0 aliphatic carbocycles. The predicted octanol–water partition coefficient (Wildman–Crippen LogP) is 2.26. The van der Waals surface area contributed by atoms with E-state index in [-0.39, 0.29) is 6.61 Å². The Morgan fingerprint density at radius 3 is 2.61 bits per heavy atom. The van der Waals surface area contributed by atoms with Gasteiger partial charge < -0.3 is 14.4 Å². The van der Waals surface area contributed by atoms with Crippen LogP contribution in [0.15, 0.2) is 28.8 Å². The first-order valence-electron chi connectivity index (χ1n) is 5.91. The Balaban J connectivity index is 1.93. The number of ether oxygens (including phenoxy) is 1. The van der Waals surface area contributed by atoms with E-state index in [0.717, 1.165) is 12.0 Å². The number of aliphatic hydroxyl groups is 1. The van der Waals surface area contributed by atoms with Crippen molar-refractivity contribution in [2.24, 2.45) is 0 Å². The molecule has 1 atom stereocenters. The van der Waals surface area contributed by atoms with Crippen LogP contribution in [-0.2, 0) is 13.0 Å². The second-order valence-corrected chi connectivity index (χ2v) is 3.99. The van der Waals surface area contributed by atoms with Crippen LogP contribution in [0.5, 0.6) is 5.75 Å². The second kappa shape index (κ2) is 5.64. The third kappa shape index (κ3) is 3.07. The van der Waals surface area contributed by atoms with Crippen molar-refractivity contribution in [1.82, 2.24) is 10.1 Å². The standard InChI is InChI=1S/C13H16N2O3/c1-3-13-14-12(15-18-13)8-17-11-6-4-10(5-7-11)9(2)16/h4-7,9,16H,3,8H2,1-2H3. The average molecular weight is 248 g/mol. The van der Waals surface area contributed by atoms with Crippen LogP contribution in [0.1, 0.15) is 37.2 Å². The van der Waals surface area contributed by atoms with E-state index >= 15 is 0 Å². The summed E-state index contributed by atoms with van der Waals surface area (Å²) in [7, 11) is 0. The molecule has 1 aromatic carbocycles. The van der Waals surface area contributed by atoms with E-state index < -0.39 is 6.10 Å². The highest BCUT2D eigenvalue weighted by Crippen LogP contribution is 2.17. The van der Waals surface area contributed by atoms with Gasteiger partial charge in [-0.15, -0.1) is 0 Å². The summed E-state index contributed by atoms with van der Waals surface area (Å²) in [6.45, 7) is 3.95. The van der Waals surface area contributed by atoms with Crippen molar-refractivity contribution in [3.63, 3.8) is 0 Å². The molecule has 0 saturated heterocycles. The average Bonchev–Trinajstić information content (AvgIpc) is 2.85. The number of hydrogen-bond donors (Lipinski definition) is 1. The van der Waals surface area contributed by atoms with Crippen LogP contribution < -0.4 is 4.74 Å². The topological polar surface area (TPSA) is 68.4 Å². The van der Waals surface area contributed by atoms with Crippen molar-refractivity contribution in [2.75, 3.05) is 0 Å². The van der Waals surface area contributed by atoms with Gasteiger partial charge in [0.25, 0.3) is 0 Å². The maximum absolute atomic E-state index is 9.38. The van der Waals surface area contributed by atoms with Gasteiger partial charge in [0.1, 0.15) is 5.75 Å². The first-order valence-corrected chi connectivity index (χ1v) is 5.91. The molecule has 0 bridgehead atoms. The molecule has 2 aromatic rings. The molecule has 0 aliphatic heterocycles. The number of aryl methyl sites for hydroxylation is 1.